The summed E-state index contributed by atoms with van der Waals surface area (Å²) in [6, 6.07) is 11.9. The molecule has 3 saturated heterocycles. The average Bonchev–Trinajstić information content (AvgIpc) is 2.93. The van der Waals surface area contributed by atoms with Crippen molar-refractivity contribution >= 4 is 22.5 Å². The number of hydrogen-bond acceptors (Lipinski definition) is 7. The molecule has 40 heavy (non-hydrogen) atoms. The normalized spacial score (nSPS) is 19.6. The fraction of sp³-hybridized carbons (Fsp3) is 0.286. The van der Waals surface area contributed by atoms with E-state index < -0.39 is 29.6 Å². The number of hydrogen-bond donors (Lipinski definition) is 1. The van der Waals surface area contributed by atoms with Crippen LogP contribution in [0.15, 0.2) is 72.0 Å². The topological polar surface area (TPSA) is 98.6 Å². The molecule has 3 atom stereocenters. The van der Waals surface area contributed by atoms with Crippen LogP contribution in [0.5, 0.6) is 5.75 Å². The zero-order chi connectivity index (χ0) is 28.0. The smallest absolute Gasteiger partial charge is 0.404 e. The molecule has 206 valence electrons. The van der Waals surface area contributed by atoms with Gasteiger partial charge in [0.05, 0.1) is 40.5 Å². The Labute approximate surface area is 226 Å². The number of benzene rings is 2. The molecule has 2 aromatic carbocycles. The zero-order valence-electron chi connectivity index (χ0n) is 21.3. The molecule has 0 spiro atoms. The average molecular weight is 552 g/mol. The molecule has 3 fully saturated rings. The summed E-state index contributed by atoms with van der Waals surface area (Å²) in [6.45, 7) is 2.82. The van der Waals surface area contributed by atoms with Crippen molar-refractivity contribution in [3.8, 4) is 22.6 Å². The predicted octanol–water partition coefficient (Wildman–Crippen LogP) is 4.15. The molecule has 5 heterocycles. The van der Waals surface area contributed by atoms with E-state index in [1.165, 1.54) is 23.0 Å². The van der Waals surface area contributed by atoms with Crippen LogP contribution in [-0.2, 0) is 9.53 Å². The van der Waals surface area contributed by atoms with Crippen molar-refractivity contribution in [3.63, 3.8) is 0 Å². The van der Waals surface area contributed by atoms with Gasteiger partial charge in [0.1, 0.15) is 6.33 Å². The Morgan fingerprint density at radius 2 is 1.90 bits per heavy atom. The van der Waals surface area contributed by atoms with Gasteiger partial charge in [0.15, 0.2) is 5.75 Å². The first kappa shape index (κ1) is 26.0. The molecule has 3 unspecified atom stereocenters. The number of rotatable bonds is 6. The summed E-state index contributed by atoms with van der Waals surface area (Å²) < 4.78 is 50.4. The van der Waals surface area contributed by atoms with Crippen LogP contribution in [0, 0.1) is 0 Å². The predicted molar refractivity (Wildman–Crippen MR) is 140 cm³/mol. The molecule has 2 aromatic heterocycles. The lowest BCUT2D eigenvalue weighted by molar-refractivity contribution is -0.274. The molecule has 0 aliphatic carbocycles. The lowest BCUT2D eigenvalue weighted by Gasteiger charge is -2.48. The van der Waals surface area contributed by atoms with E-state index in [-0.39, 0.29) is 23.6 Å². The minimum Gasteiger partial charge on any atom is -0.404 e. The molecule has 4 aromatic rings. The Morgan fingerprint density at radius 1 is 1.12 bits per heavy atom. The van der Waals surface area contributed by atoms with E-state index in [0.29, 0.717) is 24.0 Å². The second kappa shape index (κ2) is 10.0. The second-order valence-corrected chi connectivity index (χ2v) is 9.86. The first-order valence-corrected chi connectivity index (χ1v) is 12.7. The van der Waals surface area contributed by atoms with Crippen LogP contribution in [0.25, 0.3) is 27.7 Å². The Hall–Kier alpha value is -4.29. The Balaban J connectivity index is 1.32. The van der Waals surface area contributed by atoms with Crippen LogP contribution in [0.3, 0.4) is 0 Å². The maximum Gasteiger partial charge on any atom is 0.573 e. The van der Waals surface area contributed by atoms with Crippen molar-refractivity contribution < 1.29 is 27.4 Å². The van der Waals surface area contributed by atoms with Gasteiger partial charge in [-0.05, 0) is 48.9 Å². The van der Waals surface area contributed by atoms with Gasteiger partial charge in [-0.2, -0.15) is 0 Å². The summed E-state index contributed by atoms with van der Waals surface area (Å²) >= 11 is 0. The largest absolute Gasteiger partial charge is 0.573 e. The van der Waals surface area contributed by atoms with E-state index in [1.54, 1.807) is 43.6 Å². The Morgan fingerprint density at radius 3 is 2.60 bits per heavy atom. The summed E-state index contributed by atoms with van der Waals surface area (Å²) in [6.07, 6.45) is 0.746. The number of carbonyl (C=O) groups excluding carboxylic acids is 1. The van der Waals surface area contributed by atoms with Crippen molar-refractivity contribution in [2.75, 3.05) is 18.4 Å². The van der Waals surface area contributed by atoms with Gasteiger partial charge in [-0.3, -0.25) is 24.0 Å². The molecular weight excluding hydrogens is 527 g/mol. The molecule has 1 N–H and O–H groups in total. The lowest BCUT2D eigenvalue weighted by atomic mass is 9.97. The van der Waals surface area contributed by atoms with Crippen molar-refractivity contribution in [1.82, 2.24) is 19.4 Å². The molecule has 2 bridgehead atoms. The van der Waals surface area contributed by atoms with Crippen molar-refractivity contribution in [2.24, 2.45) is 0 Å². The highest BCUT2D eigenvalue weighted by atomic mass is 19.4. The number of alkyl halides is 3. The van der Waals surface area contributed by atoms with Crippen LogP contribution < -0.4 is 15.6 Å². The SMILES string of the molecule is CC(C(=O)Nc1cc(-n2cnc3cc(-c4cccnc4)ccc3c2=O)ccc1OC(F)(F)F)N1CC2CC(C1)O2. The zero-order valence-corrected chi connectivity index (χ0v) is 21.3. The van der Waals surface area contributed by atoms with Crippen molar-refractivity contribution in [2.45, 2.75) is 38.0 Å². The first-order chi connectivity index (χ1) is 19.1. The lowest BCUT2D eigenvalue weighted by Crippen LogP contribution is -2.61. The fourth-order valence-electron chi connectivity index (χ4n) is 5.10. The summed E-state index contributed by atoms with van der Waals surface area (Å²) in [5.41, 5.74) is 1.70. The summed E-state index contributed by atoms with van der Waals surface area (Å²) in [5.74, 6) is -1.10. The van der Waals surface area contributed by atoms with Gasteiger partial charge < -0.3 is 14.8 Å². The van der Waals surface area contributed by atoms with E-state index in [2.05, 4.69) is 20.0 Å². The van der Waals surface area contributed by atoms with Gasteiger partial charge in [-0.25, -0.2) is 4.98 Å². The number of halogens is 3. The van der Waals surface area contributed by atoms with E-state index in [0.717, 1.165) is 23.6 Å². The molecular formula is C28H24F3N5O4. The van der Waals surface area contributed by atoms with Gasteiger partial charge in [-0.15, -0.1) is 13.2 Å². The van der Waals surface area contributed by atoms with Crippen molar-refractivity contribution in [1.29, 1.82) is 0 Å². The highest BCUT2D eigenvalue weighted by molar-refractivity contribution is 5.96. The highest BCUT2D eigenvalue weighted by Gasteiger charge is 2.41. The summed E-state index contributed by atoms with van der Waals surface area (Å²) in [7, 11) is 0. The maximum absolute atomic E-state index is 13.4. The Bertz CT molecular complexity index is 1630. The summed E-state index contributed by atoms with van der Waals surface area (Å²) in [4.78, 5) is 36.9. The minimum absolute atomic E-state index is 0.0640. The first-order valence-electron chi connectivity index (χ1n) is 12.7. The number of piperidine rings is 1. The molecule has 12 heteroatoms. The van der Waals surface area contributed by atoms with Gasteiger partial charge in [0.25, 0.3) is 5.56 Å². The molecule has 1 amide bonds. The molecule has 0 saturated carbocycles. The molecule has 3 aliphatic rings. The van der Waals surface area contributed by atoms with Crippen LogP contribution in [0.4, 0.5) is 18.9 Å². The summed E-state index contributed by atoms with van der Waals surface area (Å²) in [5, 5.41) is 2.88. The van der Waals surface area contributed by atoms with Crippen LogP contribution >= 0.6 is 0 Å². The minimum atomic E-state index is -4.98. The molecule has 3 aliphatic heterocycles. The number of ether oxygens (including phenoxy) is 2. The third-order valence-electron chi connectivity index (χ3n) is 7.19. The van der Waals surface area contributed by atoms with E-state index in [9.17, 15) is 22.8 Å². The quantitative estimate of drug-likeness (QED) is 0.385. The fourth-order valence-corrected chi connectivity index (χ4v) is 5.10. The molecule has 9 nitrogen and oxygen atoms in total. The number of morpholine rings is 1. The number of amides is 1. The number of carbonyl (C=O) groups is 1. The van der Waals surface area contributed by atoms with Crippen LogP contribution in [0.1, 0.15) is 13.3 Å². The second-order valence-electron chi connectivity index (χ2n) is 9.86. The van der Waals surface area contributed by atoms with Gasteiger partial charge in [0.2, 0.25) is 5.91 Å². The Kier molecular flexibility index (Phi) is 6.51. The van der Waals surface area contributed by atoms with Gasteiger partial charge >= 0.3 is 6.36 Å². The van der Waals surface area contributed by atoms with E-state index in [4.69, 9.17) is 4.74 Å². The van der Waals surface area contributed by atoms with E-state index in [1.807, 2.05) is 11.0 Å². The van der Waals surface area contributed by atoms with Gasteiger partial charge in [-0.1, -0.05) is 12.1 Å². The van der Waals surface area contributed by atoms with Crippen LogP contribution in [-0.4, -0.2) is 63.0 Å². The number of nitrogens with zero attached hydrogens (tertiary/aromatic N) is 4. The molecule has 0 radical (unpaired) electrons. The standard InChI is InChI=1S/C28H24F3N5O4/c1-16(35-13-20-11-21(14-35)39-20)26(37)34-24-10-19(5-7-25(24)40-28(29,30)31)36-15-33-23-9-17(4-6-22(23)27(36)38)18-3-2-8-32-12-18/h2-10,12,15-16,20-21H,11,13-14H2,1H3,(H,34,37). The maximum atomic E-state index is 13.4. The number of nitrogens with one attached hydrogen (secondary N) is 1. The number of anilines is 1. The third-order valence-corrected chi connectivity index (χ3v) is 7.19. The van der Waals surface area contributed by atoms with E-state index >= 15 is 0 Å². The van der Waals surface area contributed by atoms with Crippen LogP contribution in [0.2, 0.25) is 0 Å². The number of aromatic nitrogens is 3. The highest BCUT2D eigenvalue weighted by Crippen LogP contribution is 2.33. The third kappa shape index (κ3) is 5.15. The van der Waals surface area contributed by atoms with Gasteiger partial charge in [0, 0.05) is 37.5 Å². The number of fused-ring (bicyclic) bond motifs is 3. The molecule has 7 rings (SSSR count). The van der Waals surface area contributed by atoms with Crippen molar-refractivity contribution in [3.05, 3.63) is 77.6 Å². The monoisotopic (exact) mass is 551 g/mol. The number of pyridine rings is 1.